The van der Waals surface area contributed by atoms with E-state index in [2.05, 4.69) is 15.5 Å². The van der Waals surface area contributed by atoms with Crippen LogP contribution in [0.3, 0.4) is 0 Å². The lowest BCUT2D eigenvalue weighted by molar-refractivity contribution is -0.136. The predicted octanol–water partition coefficient (Wildman–Crippen LogP) is 1.57. The zero-order valence-electron chi connectivity index (χ0n) is 14.5. The number of benzene rings is 1. The molecule has 2 aliphatic heterocycles. The minimum Gasteiger partial charge on any atom is -0.497 e. The molecule has 1 aromatic carbocycles. The average Bonchev–Trinajstić information content (AvgIpc) is 3.13. The summed E-state index contributed by atoms with van der Waals surface area (Å²) >= 11 is 0. The number of nitrogens with one attached hydrogen (secondary N) is 2. The number of hydrogen-bond acceptors (Lipinski definition) is 5. The first-order valence-corrected chi connectivity index (χ1v) is 8.37. The molecule has 1 unspecified atom stereocenters. The first-order valence-electron chi connectivity index (χ1n) is 8.37. The average molecular weight is 345 g/mol. The fraction of sp³-hybridized carbons (Fsp3) is 0.444. The SMILES string of the molecule is COC(=O)C1=C(CN2CCCC2)NC(=O)NC1c1cccc(OC)c1. The van der Waals surface area contributed by atoms with Crippen molar-refractivity contribution in [3.63, 3.8) is 0 Å². The standard InChI is InChI=1S/C18H23N3O4/c1-24-13-7-5-6-12(10-13)16-15(17(22)25-2)14(19-18(23)20-16)11-21-8-3-4-9-21/h5-7,10,16H,3-4,8-9,11H2,1-2H3,(H2,19,20,23). The van der Waals surface area contributed by atoms with Crippen LogP contribution >= 0.6 is 0 Å². The Morgan fingerprint density at radius 2 is 2.04 bits per heavy atom. The molecule has 2 amide bonds. The van der Waals surface area contributed by atoms with Gasteiger partial charge < -0.3 is 20.1 Å². The van der Waals surface area contributed by atoms with E-state index >= 15 is 0 Å². The molecule has 1 fully saturated rings. The Morgan fingerprint density at radius 3 is 2.72 bits per heavy atom. The van der Waals surface area contributed by atoms with Gasteiger partial charge in [0.2, 0.25) is 0 Å². The van der Waals surface area contributed by atoms with Gasteiger partial charge in [0, 0.05) is 12.2 Å². The number of rotatable bonds is 5. The molecular weight excluding hydrogens is 322 g/mol. The Kier molecular flexibility index (Phi) is 5.23. The number of urea groups is 1. The van der Waals surface area contributed by atoms with Gasteiger partial charge in [-0.15, -0.1) is 0 Å². The van der Waals surface area contributed by atoms with E-state index < -0.39 is 12.0 Å². The summed E-state index contributed by atoms with van der Waals surface area (Å²) in [5.41, 5.74) is 1.81. The third-order valence-electron chi connectivity index (χ3n) is 4.57. The lowest BCUT2D eigenvalue weighted by Crippen LogP contribution is -2.48. The number of amides is 2. The van der Waals surface area contributed by atoms with Gasteiger partial charge in [-0.05, 0) is 43.6 Å². The Bertz CT molecular complexity index is 695. The quantitative estimate of drug-likeness (QED) is 0.792. The van der Waals surface area contributed by atoms with Crippen LogP contribution in [0.2, 0.25) is 0 Å². The summed E-state index contributed by atoms with van der Waals surface area (Å²) < 4.78 is 10.3. The highest BCUT2D eigenvalue weighted by Gasteiger charge is 2.34. The second-order valence-electron chi connectivity index (χ2n) is 6.18. The van der Waals surface area contributed by atoms with Gasteiger partial charge in [-0.25, -0.2) is 9.59 Å². The number of methoxy groups -OCH3 is 2. The van der Waals surface area contributed by atoms with E-state index in [9.17, 15) is 9.59 Å². The van der Waals surface area contributed by atoms with Crippen LogP contribution in [-0.4, -0.2) is 50.8 Å². The number of ether oxygens (including phenoxy) is 2. The molecule has 7 heteroatoms. The van der Waals surface area contributed by atoms with Crippen molar-refractivity contribution in [1.29, 1.82) is 0 Å². The molecule has 25 heavy (non-hydrogen) atoms. The third-order valence-corrected chi connectivity index (χ3v) is 4.57. The molecule has 2 N–H and O–H groups in total. The van der Waals surface area contributed by atoms with Crippen LogP contribution in [0.15, 0.2) is 35.5 Å². The highest BCUT2D eigenvalue weighted by atomic mass is 16.5. The summed E-state index contributed by atoms with van der Waals surface area (Å²) in [6.45, 7) is 2.45. The van der Waals surface area contributed by atoms with E-state index in [0.29, 0.717) is 23.6 Å². The molecule has 2 heterocycles. The molecule has 134 valence electrons. The number of hydrogen-bond donors (Lipinski definition) is 2. The van der Waals surface area contributed by atoms with Crippen molar-refractivity contribution < 1.29 is 19.1 Å². The minimum atomic E-state index is -0.575. The highest BCUT2D eigenvalue weighted by Crippen LogP contribution is 2.30. The molecule has 1 aromatic rings. The van der Waals surface area contributed by atoms with E-state index in [4.69, 9.17) is 9.47 Å². The summed E-state index contributed by atoms with van der Waals surface area (Å²) in [6, 6.07) is 6.42. The summed E-state index contributed by atoms with van der Waals surface area (Å²) in [5.74, 6) is 0.213. The van der Waals surface area contributed by atoms with Crippen LogP contribution in [0.1, 0.15) is 24.4 Å². The van der Waals surface area contributed by atoms with Gasteiger partial charge in [0.1, 0.15) is 5.75 Å². The van der Waals surface area contributed by atoms with Crippen molar-refractivity contribution in [1.82, 2.24) is 15.5 Å². The normalized spacial score (nSPS) is 20.9. The Balaban J connectivity index is 2.00. The summed E-state index contributed by atoms with van der Waals surface area (Å²) in [4.78, 5) is 26.9. The fourth-order valence-electron chi connectivity index (χ4n) is 3.33. The van der Waals surface area contributed by atoms with Crippen molar-refractivity contribution in [2.75, 3.05) is 33.9 Å². The number of likely N-dealkylation sites (tertiary alicyclic amines) is 1. The van der Waals surface area contributed by atoms with E-state index in [1.807, 2.05) is 24.3 Å². The van der Waals surface area contributed by atoms with Crippen molar-refractivity contribution >= 4 is 12.0 Å². The minimum absolute atomic E-state index is 0.324. The lowest BCUT2D eigenvalue weighted by atomic mass is 9.95. The lowest BCUT2D eigenvalue weighted by Gasteiger charge is -2.31. The maximum absolute atomic E-state index is 12.5. The van der Waals surface area contributed by atoms with E-state index in [1.54, 1.807) is 7.11 Å². The largest absolute Gasteiger partial charge is 0.497 e. The molecule has 0 aromatic heterocycles. The topological polar surface area (TPSA) is 79.9 Å². The smallest absolute Gasteiger partial charge is 0.338 e. The van der Waals surface area contributed by atoms with Crippen molar-refractivity contribution in [3.05, 3.63) is 41.1 Å². The predicted molar refractivity (Wildman–Crippen MR) is 92.1 cm³/mol. The molecule has 3 rings (SSSR count). The molecule has 0 radical (unpaired) electrons. The third kappa shape index (κ3) is 3.76. The highest BCUT2D eigenvalue weighted by molar-refractivity contribution is 5.95. The van der Waals surface area contributed by atoms with Gasteiger partial charge in [-0.1, -0.05) is 12.1 Å². The second-order valence-corrected chi connectivity index (χ2v) is 6.18. The zero-order chi connectivity index (χ0) is 17.8. The van der Waals surface area contributed by atoms with Gasteiger partial charge in [-0.3, -0.25) is 4.90 Å². The molecule has 0 spiro atoms. The molecular formula is C18H23N3O4. The van der Waals surface area contributed by atoms with Crippen LogP contribution in [0.5, 0.6) is 5.75 Å². The molecule has 1 atom stereocenters. The van der Waals surface area contributed by atoms with E-state index in [0.717, 1.165) is 31.5 Å². The van der Waals surface area contributed by atoms with Gasteiger partial charge in [-0.2, -0.15) is 0 Å². The van der Waals surface area contributed by atoms with Crippen molar-refractivity contribution in [2.24, 2.45) is 0 Å². The van der Waals surface area contributed by atoms with Gasteiger partial charge >= 0.3 is 12.0 Å². The summed E-state index contributed by atoms with van der Waals surface area (Å²) in [6.07, 6.45) is 2.26. The number of carbonyl (C=O) groups excluding carboxylic acids is 2. The van der Waals surface area contributed by atoms with Crippen LogP contribution in [-0.2, 0) is 9.53 Å². The first kappa shape index (κ1) is 17.3. The Hall–Kier alpha value is -2.54. The summed E-state index contributed by atoms with van der Waals surface area (Å²) in [5, 5.41) is 5.61. The Morgan fingerprint density at radius 1 is 1.28 bits per heavy atom. The second kappa shape index (κ2) is 7.57. The van der Waals surface area contributed by atoms with Gasteiger partial charge in [0.25, 0.3) is 0 Å². The Labute approximate surface area is 147 Å². The van der Waals surface area contributed by atoms with Crippen LogP contribution < -0.4 is 15.4 Å². The number of carbonyl (C=O) groups is 2. The van der Waals surface area contributed by atoms with E-state index in [-0.39, 0.29) is 6.03 Å². The fourth-order valence-corrected chi connectivity index (χ4v) is 3.33. The monoisotopic (exact) mass is 345 g/mol. The molecule has 1 saturated heterocycles. The number of esters is 1. The van der Waals surface area contributed by atoms with Crippen molar-refractivity contribution in [3.8, 4) is 5.75 Å². The zero-order valence-corrected chi connectivity index (χ0v) is 14.5. The van der Waals surface area contributed by atoms with Crippen LogP contribution in [0.4, 0.5) is 4.79 Å². The molecule has 0 bridgehead atoms. The van der Waals surface area contributed by atoms with Crippen LogP contribution in [0.25, 0.3) is 0 Å². The number of nitrogens with zero attached hydrogens (tertiary/aromatic N) is 1. The van der Waals surface area contributed by atoms with Gasteiger partial charge in [0.15, 0.2) is 0 Å². The molecule has 7 nitrogen and oxygen atoms in total. The molecule has 0 aliphatic carbocycles. The maximum atomic E-state index is 12.5. The molecule has 0 saturated carbocycles. The molecule has 2 aliphatic rings. The summed E-state index contributed by atoms with van der Waals surface area (Å²) in [7, 11) is 2.93. The first-order chi connectivity index (χ1) is 12.1. The maximum Gasteiger partial charge on any atom is 0.338 e. The van der Waals surface area contributed by atoms with Crippen LogP contribution in [0, 0.1) is 0 Å². The van der Waals surface area contributed by atoms with E-state index in [1.165, 1.54) is 7.11 Å². The van der Waals surface area contributed by atoms with Gasteiger partial charge in [0.05, 0.1) is 25.8 Å². The van der Waals surface area contributed by atoms with Crippen molar-refractivity contribution in [2.45, 2.75) is 18.9 Å².